The summed E-state index contributed by atoms with van der Waals surface area (Å²) in [5, 5.41) is 2.01. The summed E-state index contributed by atoms with van der Waals surface area (Å²) in [4.78, 5) is 103. The highest BCUT2D eigenvalue weighted by atomic mass is 32.2. The second kappa shape index (κ2) is 33.1. The number of ether oxygens (including phenoxy) is 1. The summed E-state index contributed by atoms with van der Waals surface area (Å²) in [6, 6.07) is 46.4. The minimum absolute atomic E-state index is 0.118. The highest BCUT2D eigenvalue weighted by molar-refractivity contribution is 8.14. The van der Waals surface area contributed by atoms with Crippen molar-refractivity contribution in [3.63, 3.8) is 0 Å². The molecule has 0 fully saturated rings. The maximum atomic E-state index is 12.3. The second-order valence-corrected chi connectivity index (χ2v) is 28.5. The van der Waals surface area contributed by atoms with E-state index in [-0.39, 0.29) is 39.7 Å². The quantitative estimate of drug-likeness (QED) is 0.0444. The van der Waals surface area contributed by atoms with Gasteiger partial charge in [0, 0.05) is 135 Å². The first-order valence-corrected chi connectivity index (χ1v) is 36.2. The highest BCUT2D eigenvalue weighted by Crippen LogP contribution is 2.32. The lowest BCUT2D eigenvalue weighted by atomic mass is 10.0. The Morgan fingerprint density at radius 1 is 0.444 bits per heavy atom. The molecular formula is C74H78N12O8S5. The predicted molar refractivity (Wildman–Crippen MR) is 408 cm³/mol. The number of carbonyl (C=O) groups excluding carboxylic acids is 1. The first-order chi connectivity index (χ1) is 47.6. The predicted octanol–water partition coefficient (Wildman–Crippen LogP) is 11.3. The zero-order valence-electron chi connectivity index (χ0n) is 56.9. The number of ketones is 1. The van der Waals surface area contributed by atoms with Gasteiger partial charge in [0.25, 0.3) is 11.1 Å². The smallest absolute Gasteiger partial charge is 0.332 e. The molecule has 4 aliphatic heterocycles. The Hall–Kier alpha value is -9.14. The molecule has 0 saturated heterocycles. The molecule has 25 heteroatoms. The Morgan fingerprint density at radius 2 is 0.879 bits per heavy atom. The van der Waals surface area contributed by atoms with Crippen LogP contribution in [0.2, 0.25) is 0 Å². The van der Waals surface area contributed by atoms with Gasteiger partial charge in [-0.15, -0.1) is 23.5 Å². The lowest BCUT2D eigenvalue weighted by Crippen LogP contribution is -2.38. The maximum absolute atomic E-state index is 12.3. The molecule has 0 atom stereocenters. The van der Waals surface area contributed by atoms with Crippen molar-refractivity contribution in [3.8, 4) is 5.75 Å². The minimum atomic E-state index is -0.353. The summed E-state index contributed by atoms with van der Waals surface area (Å²) in [6.45, 7) is 2.54. The normalized spacial score (nSPS) is 12.9. The molecule has 99 heavy (non-hydrogen) atoms. The van der Waals surface area contributed by atoms with Gasteiger partial charge in [0.15, 0.2) is 5.78 Å². The third-order valence-corrected chi connectivity index (χ3v) is 21.4. The Kier molecular flexibility index (Phi) is 24.3. The fourth-order valence-corrected chi connectivity index (χ4v) is 14.8. The van der Waals surface area contributed by atoms with E-state index in [2.05, 4.69) is 56.4 Å². The van der Waals surface area contributed by atoms with Gasteiger partial charge in [0.05, 0.1) is 21.2 Å². The third kappa shape index (κ3) is 17.5. The van der Waals surface area contributed by atoms with Crippen LogP contribution in [0, 0.1) is 16.2 Å². The van der Waals surface area contributed by atoms with Crippen molar-refractivity contribution in [1.82, 2.24) is 36.5 Å². The summed E-state index contributed by atoms with van der Waals surface area (Å²) in [5.41, 5.74) is 10.3. The third-order valence-electron chi connectivity index (χ3n) is 17.2. The number of aromatic nitrogens is 8. The molecule has 4 aromatic heterocycles. The van der Waals surface area contributed by atoms with E-state index in [1.54, 1.807) is 86.7 Å². The molecule has 0 bridgehead atoms. The topological polar surface area (TPSA) is 218 Å². The summed E-state index contributed by atoms with van der Waals surface area (Å²) >= 11 is 15.9. The Balaban J connectivity index is 0.000000143. The first kappa shape index (κ1) is 72.6. The van der Waals surface area contributed by atoms with Gasteiger partial charge in [-0.25, -0.2) is 39.1 Å². The summed E-state index contributed by atoms with van der Waals surface area (Å²) in [6.07, 6.45) is 6.55. The van der Waals surface area contributed by atoms with Gasteiger partial charge in [-0.1, -0.05) is 157 Å². The number of aliphatic imine (C=N–C) groups is 4. The molecular weight excluding hydrogens is 1350 g/mol. The number of fused-ring (bicyclic) bond motifs is 4. The summed E-state index contributed by atoms with van der Waals surface area (Å²) < 4.78 is 18.3. The van der Waals surface area contributed by atoms with Crippen molar-refractivity contribution < 1.29 is 9.53 Å². The SMILES string of the molecule is Cc1ccc(C(=O)CCCSC2=Nc3c(c(=S)n(C)c(=O)n3C)C2)cc1.Cn1c2c(c(=O)n(C)c1=O)CC(CSCc1ccccc1)=N2.Cn1c2c(c(=O)n(C)c1=O)CC(Cc1ccc(OCc3ccccc3)cc1)=N2.Cn1c2c(c(=S)n(C)c1=O)CC(SCCCc1ccccc1)=N2. The molecule has 0 N–H and O–H groups in total. The van der Waals surface area contributed by atoms with E-state index < -0.39 is 0 Å². The number of thioether (sulfide) groups is 3. The van der Waals surface area contributed by atoms with Crippen LogP contribution >= 0.6 is 59.7 Å². The summed E-state index contributed by atoms with van der Waals surface area (Å²) in [7, 11) is 13.2. The molecule has 0 spiro atoms. The zero-order valence-corrected chi connectivity index (χ0v) is 60.9. The number of Topliss-reactive ketones (excluding diaryl/α,β-unsaturated/α-hetero) is 1. The van der Waals surface area contributed by atoms with Crippen molar-refractivity contribution in [1.29, 1.82) is 0 Å². The van der Waals surface area contributed by atoms with Crippen LogP contribution in [0.5, 0.6) is 5.75 Å². The van der Waals surface area contributed by atoms with Crippen molar-refractivity contribution in [2.45, 2.75) is 77.1 Å². The van der Waals surface area contributed by atoms with Crippen LogP contribution in [0.4, 0.5) is 23.3 Å². The number of rotatable bonds is 18. The van der Waals surface area contributed by atoms with Crippen LogP contribution in [0.15, 0.2) is 188 Å². The van der Waals surface area contributed by atoms with Gasteiger partial charge in [-0.3, -0.25) is 50.9 Å². The van der Waals surface area contributed by atoms with Gasteiger partial charge in [-0.2, -0.15) is 11.8 Å². The van der Waals surface area contributed by atoms with Crippen molar-refractivity contribution in [2.24, 2.45) is 76.4 Å². The molecule has 20 nitrogen and oxygen atoms in total. The molecule has 0 unspecified atom stereocenters. The monoisotopic (exact) mass is 1420 g/mol. The fraction of sp³-hybridized carbons (Fsp3) is 0.311. The van der Waals surface area contributed by atoms with Gasteiger partial charge < -0.3 is 4.74 Å². The van der Waals surface area contributed by atoms with Crippen LogP contribution in [0.3, 0.4) is 0 Å². The van der Waals surface area contributed by atoms with Gasteiger partial charge in [0.1, 0.15) is 44.9 Å². The average molecular weight is 1420 g/mol. The number of hydrogen-bond donors (Lipinski definition) is 0. The van der Waals surface area contributed by atoms with E-state index in [1.165, 1.54) is 43.5 Å². The Labute approximate surface area is 595 Å². The molecule has 4 aliphatic rings. The van der Waals surface area contributed by atoms with Crippen LogP contribution < -0.4 is 38.6 Å². The molecule has 0 saturated carbocycles. The number of aryl methyl sites for hydroxylation is 2. The van der Waals surface area contributed by atoms with Crippen LogP contribution in [-0.2, 0) is 107 Å². The van der Waals surface area contributed by atoms with Gasteiger partial charge in [0.2, 0.25) is 0 Å². The standard InChI is InChI=1S/C22H21N3O3.C19H21N3O2S2.C17H19N3OS2.C16H17N3O2S/c1-24-20-19(21(26)25(2)22(24)27)13-17(23-20)12-15-8-10-18(11-9-15)28-14-16-6-4-3-5-7-16;1-12-6-8-13(9-7-12)15(23)5-4-10-26-16-11-14-17(20-16)21(2)19(24)22(3)18(14)25;1-19-15-13(16(22)20(2)17(19)21)11-14(18-15)23-10-6-9-12-7-4-3-5-8-12;1-18-14-13(15(20)19(2)16(18)21)8-12(17-14)10-22-9-11-6-4-3-5-7-11/h3-11H,12-14H2,1-2H3;6-9H,4-5,10-11H2,1-3H3;3-5,7-8H,6,9-11H2,1-2H3;3-7H,8-10H2,1-2H3. The zero-order chi connectivity index (χ0) is 70.6. The Bertz CT molecular complexity index is 5160. The van der Waals surface area contributed by atoms with Crippen LogP contribution in [-0.4, -0.2) is 81.1 Å². The first-order valence-electron chi connectivity index (χ1n) is 32.3. The Morgan fingerprint density at radius 3 is 1.38 bits per heavy atom. The number of hydrogen-bond acceptors (Lipinski definition) is 17. The van der Waals surface area contributed by atoms with Crippen LogP contribution in [0.25, 0.3) is 0 Å². The highest BCUT2D eigenvalue weighted by Gasteiger charge is 2.26. The van der Waals surface area contributed by atoms with Gasteiger partial charge >= 0.3 is 22.8 Å². The fourth-order valence-electron chi connectivity index (χ4n) is 11.5. The second-order valence-electron chi connectivity index (χ2n) is 24.4. The van der Waals surface area contributed by atoms with E-state index in [0.717, 1.165) is 124 Å². The molecule has 13 rings (SSSR count). The van der Waals surface area contributed by atoms with Crippen molar-refractivity contribution in [3.05, 3.63) is 267 Å². The molecule has 512 valence electrons. The number of nitrogens with zero attached hydrogens (tertiary/aromatic N) is 12. The number of benzene rings is 5. The van der Waals surface area contributed by atoms with Crippen molar-refractivity contribution in [2.75, 3.05) is 17.3 Å². The van der Waals surface area contributed by atoms with Crippen molar-refractivity contribution >= 4 is 110 Å². The molecule has 0 aliphatic carbocycles. The number of carbonyl (C=O) groups is 1. The lowest BCUT2D eigenvalue weighted by molar-refractivity contribution is 0.0982. The molecule has 8 heterocycles. The summed E-state index contributed by atoms with van der Waals surface area (Å²) in [5.74, 6) is 6.87. The molecule has 9 aromatic rings. The molecule has 0 amide bonds. The van der Waals surface area contributed by atoms with Gasteiger partial charge in [-0.05, 0) is 72.1 Å². The van der Waals surface area contributed by atoms with E-state index in [0.29, 0.717) is 76.6 Å². The largest absolute Gasteiger partial charge is 0.489 e. The molecule has 5 aromatic carbocycles. The van der Waals surface area contributed by atoms with E-state index in [1.807, 2.05) is 110 Å². The van der Waals surface area contributed by atoms with E-state index in [9.17, 15) is 33.6 Å². The van der Waals surface area contributed by atoms with Crippen LogP contribution in [0.1, 0.15) is 79.7 Å². The lowest BCUT2D eigenvalue weighted by Gasteiger charge is -2.07. The van der Waals surface area contributed by atoms with E-state index in [4.69, 9.17) is 29.2 Å². The van der Waals surface area contributed by atoms with E-state index >= 15 is 0 Å². The average Bonchev–Trinajstić information content (AvgIpc) is 1.70. The molecule has 0 radical (unpaired) electrons. The maximum Gasteiger partial charge on any atom is 0.332 e. The minimum Gasteiger partial charge on any atom is -0.489 e.